The van der Waals surface area contributed by atoms with Crippen LogP contribution in [-0.4, -0.2) is 32.1 Å². The van der Waals surface area contributed by atoms with E-state index in [0.29, 0.717) is 35.2 Å². The van der Waals surface area contributed by atoms with Gasteiger partial charge >= 0.3 is 6.61 Å². The van der Waals surface area contributed by atoms with Crippen LogP contribution in [0.4, 0.5) is 8.78 Å². The van der Waals surface area contributed by atoms with Gasteiger partial charge < -0.3 is 20.7 Å². The van der Waals surface area contributed by atoms with Gasteiger partial charge in [0.05, 0.1) is 0 Å². The smallest absolute Gasteiger partial charge is 0.387 e. The average molecular weight is 425 g/mol. The van der Waals surface area contributed by atoms with E-state index in [2.05, 4.69) is 25.7 Å². The molecule has 2 rings (SSSR count). The molecule has 0 aliphatic heterocycles. The second-order valence-electron chi connectivity index (χ2n) is 5.97. The lowest BCUT2D eigenvalue weighted by atomic mass is 10.1. The van der Waals surface area contributed by atoms with Crippen LogP contribution in [0.5, 0.6) is 5.75 Å². The molecule has 1 amide bonds. The molecule has 0 aromatic heterocycles. The molecule has 0 bridgehead atoms. The van der Waals surface area contributed by atoms with Crippen molar-refractivity contribution in [2.24, 2.45) is 4.99 Å². The summed E-state index contributed by atoms with van der Waals surface area (Å²) in [4.78, 5) is 16.1. The normalized spacial score (nSPS) is 11.3. The van der Waals surface area contributed by atoms with Crippen LogP contribution < -0.4 is 20.7 Å². The Morgan fingerprint density at radius 2 is 1.90 bits per heavy atom. The SMILES string of the molecule is CCNC(=O)c1cccc(CNC(=NC)NCc2cc(Cl)ccc2OC(F)F)c1. The summed E-state index contributed by atoms with van der Waals surface area (Å²) in [5.41, 5.74) is 1.93. The fraction of sp³-hybridized carbons (Fsp3) is 0.300. The molecule has 0 radical (unpaired) electrons. The monoisotopic (exact) mass is 424 g/mol. The highest BCUT2D eigenvalue weighted by atomic mass is 35.5. The zero-order valence-corrected chi connectivity index (χ0v) is 16.9. The molecule has 29 heavy (non-hydrogen) atoms. The first-order valence-electron chi connectivity index (χ1n) is 8.97. The Morgan fingerprint density at radius 1 is 1.14 bits per heavy atom. The minimum Gasteiger partial charge on any atom is -0.434 e. The molecule has 0 aliphatic carbocycles. The molecule has 156 valence electrons. The van der Waals surface area contributed by atoms with Gasteiger partial charge in [-0.1, -0.05) is 23.7 Å². The molecule has 0 unspecified atom stereocenters. The van der Waals surface area contributed by atoms with Crippen LogP contribution in [0.2, 0.25) is 5.02 Å². The van der Waals surface area contributed by atoms with E-state index in [1.165, 1.54) is 12.1 Å². The van der Waals surface area contributed by atoms with Crippen LogP contribution in [0.15, 0.2) is 47.5 Å². The number of hydrogen-bond acceptors (Lipinski definition) is 3. The van der Waals surface area contributed by atoms with Gasteiger partial charge in [-0.25, -0.2) is 0 Å². The molecule has 0 saturated heterocycles. The van der Waals surface area contributed by atoms with Crippen LogP contribution in [0, 0.1) is 0 Å². The molecule has 0 saturated carbocycles. The molecule has 0 heterocycles. The summed E-state index contributed by atoms with van der Waals surface area (Å²) in [5, 5.41) is 9.31. The number of rotatable bonds is 8. The molecule has 2 aromatic carbocycles. The molecule has 3 N–H and O–H groups in total. The maximum atomic E-state index is 12.6. The average Bonchev–Trinajstić information content (AvgIpc) is 2.70. The molecule has 6 nitrogen and oxygen atoms in total. The minimum atomic E-state index is -2.93. The Balaban J connectivity index is 1.98. The molecular weight excluding hydrogens is 402 g/mol. The number of ether oxygens (including phenoxy) is 1. The number of carbonyl (C=O) groups excluding carboxylic acids is 1. The van der Waals surface area contributed by atoms with E-state index in [1.54, 1.807) is 31.3 Å². The first kappa shape index (κ1) is 22.4. The summed E-state index contributed by atoms with van der Waals surface area (Å²) in [7, 11) is 1.59. The van der Waals surface area contributed by atoms with E-state index in [9.17, 15) is 13.6 Å². The molecular formula is C20H23ClF2N4O2. The highest BCUT2D eigenvalue weighted by Gasteiger charge is 2.11. The van der Waals surface area contributed by atoms with Gasteiger partial charge in [-0.2, -0.15) is 8.78 Å². The van der Waals surface area contributed by atoms with E-state index in [4.69, 9.17) is 11.6 Å². The lowest BCUT2D eigenvalue weighted by Gasteiger charge is -2.15. The molecule has 0 aliphatic rings. The Morgan fingerprint density at radius 3 is 2.59 bits per heavy atom. The van der Waals surface area contributed by atoms with Crippen molar-refractivity contribution in [3.05, 3.63) is 64.2 Å². The van der Waals surface area contributed by atoms with E-state index < -0.39 is 6.61 Å². The fourth-order valence-electron chi connectivity index (χ4n) is 2.57. The molecule has 0 fully saturated rings. The largest absolute Gasteiger partial charge is 0.434 e. The van der Waals surface area contributed by atoms with Gasteiger partial charge in [0.1, 0.15) is 5.75 Å². The van der Waals surface area contributed by atoms with Crippen molar-refractivity contribution >= 4 is 23.5 Å². The number of halogens is 3. The summed E-state index contributed by atoms with van der Waals surface area (Å²) in [6.45, 7) is 0.0869. The second kappa shape index (κ2) is 11.2. The maximum absolute atomic E-state index is 12.6. The van der Waals surface area contributed by atoms with Gasteiger partial charge in [0.2, 0.25) is 0 Å². The number of nitrogens with one attached hydrogen (secondary N) is 3. The predicted octanol–water partition coefficient (Wildman–Crippen LogP) is 3.56. The number of benzene rings is 2. The lowest BCUT2D eigenvalue weighted by molar-refractivity contribution is -0.0504. The van der Waals surface area contributed by atoms with Gasteiger partial charge in [0.25, 0.3) is 5.91 Å². The van der Waals surface area contributed by atoms with E-state index in [0.717, 1.165) is 5.56 Å². The van der Waals surface area contributed by atoms with Crippen molar-refractivity contribution in [3.63, 3.8) is 0 Å². The van der Waals surface area contributed by atoms with Crippen molar-refractivity contribution in [2.45, 2.75) is 26.6 Å². The van der Waals surface area contributed by atoms with Crippen molar-refractivity contribution in [1.29, 1.82) is 0 Å². The number of hydrogen-bond donors (Lipinski definition) is 3. The predicted molar refractivity (Wildman–Crippen MR) is 110 cm³/mol. The summed E-state index contributed by atoms with van der Waals surface area (Å²) < 4.78 is 29.7. The lowest BCUT2D eigenvalue weighted by Crippen LogP contribution is -2.36. The van der Waals surface area contributed by atoms with E-state index in [1.807, 2.05) is 13.0 Å². The third-order valence-electron chi connectivity index (χ3n) is 3.89. The number of alkyl halides is 2. The van der Waals surface area contributed by atoms with Crippen LogP contribution in [0.25, 0.3) is 0 Å². The Labute approximate surface area is 173 Å². The van der Waals surface area contributed by atoms with E-state index in [-0.39, 0.29) is 18.2 Å². The van der Waals surface area contributed by atoms with Gasteiger partial charge in [-0.3, -0.25) is 9.79 Å². The highest BCUT2D eigenvalue weighted by molar-refractivity contribution is 6.30. The molecule has 0 atom stereocenters. The topological polar surface area (TPSA) is 74.8 Å². The summed E-state index contributed by atoms with van der Waals surface area (Å²) in [6.07, 6.45) is 0. The Hall–Kier alpha value is -2.87. The Kier molecular flexibility index (Phi) is 8.67. The molecule has 0 spiro atoms. The van der Waals surface area contributed by atoms with Gasteiger partial charge in [0.15, 0.2) is 5.96 Å². The second-order valence-corrected chi connectivity index (χ2v) is 6.41. The Bertz CT molecular complexity index is 862. The summed E-state index contributed by atoms with van der Waals surface area (Å²) in [6, 6.07) is 11.6. The van der Waals surface area contributed by atoms with Gasteiger partial charge in [-0.15, -0.1) is 0 Å². The summed E-state index contributed by atoms with van der Waals surface area (Å²) >= 11 is 5.96. The van der Waals surface area contributed by atoms with Crippen LogP contribution in [0.3, 0.4) is 0 Å². The standard InChI is InChI=1S/C20H23ClF2N4O2/c1-3-25-18(28)14-6-4-5-13(9-14)11-26-20(24-2)27-12-15-10-16(21)7-8-17(15)29-19(22)23/h4-10,19H,3,11-12H2,1-2H3,(H,25,28)(H2,24,26,27). The van der Waals surface area contributed by atoms with Crippen LogP contribution in [0.1, 0.15) is 28.4 Å². The third kappa shape index (κ3) is 7.23. The number of aliphatic imine (C=N–C) groups is 1. The van der Waals surface area contributed by atoms with Crippen molar-refractivity contribution in [3.8, 4) is 5.75 Å². The quantitative estimate of drug-likeness (QED) is 0.447. The molecule has 9 heteroatoms. The zero-order chi connectivity index (χ0) is 21.2. The van der Waals surface area contributed by atoms with Crippen LogP contribution in [-0.2, 0) is 13.1 Å². The number of carbonyl (C=O) groups is 1. The van der Waals surface area contributed by atoms with E-state index >= 15 is 0 Å². The van der Waals surface area contributed by atoms with Crippen molar-refractivity contribution in [1.82, 2.24) is 16.0 Å². The molecule has 2 aromatic rings. The highest BCUT2D eigenvalue weighted by Crippen LogP contribution is 2.24. The number of guanidine groups is 1. The minimum absolute atomic E-state index is 0.0435. The van der Waals surface area contributed by atoms with Gasteiger partial charge in [-0.05, 0) is 42.8 Å². The fourth-order valence-corrected chi connectivity index (χ4v) is 2.76. The summed E-state index contributed by atoms with van der Waals surface area (Å²) in [5.74, 6) is 0.364. The third-order valence-corrected chi connectivity index (χ3v) is 4.13. The number of nitrogens with zero attached hydrogens (tertiary/aromatic N) is 1. The van der Waals surface area contributed by atoms with Crippen molar-refractivity contribution in [2.75, 3.05) is 13.6 Å². The van der Waals surface area contributed by atoms with Gasteiger partial charge in [0, 0.05) is 42.8 Å². The first-order chi connectivity index (χ1) is 13.9. The number of amides is 1. The zero-order valence-electron chi connectivity index (χ0n) is 16.1. The van der Waals surface area contributed by atoms with Crippen LogP contribution >= 0.6 is 11.6 Å². The first-order valence-corrected chi connectivity index (χ1v) is 9.35. The van der Waals surface area contributed by atoms with Crippen molar-refractivity contribution < 1.29 is 18.3 Å². The maximum Gasteiger partial charge on any atom is 0.387 e.